The van der Waals surface area contributed by atoms with Crippen LogP contribution in [-0.4, -0.2) is 11.2 Å². The number of hydrogen-bond acceptors (Lipinski definition) is 1. The molecular weight excluding hydrogens is 136 g/mol. The summed E-state index contributed by atoms with van der Waals surface area (Å²) in [5, 5.41) is 9.90. The minimum Gasteiger partial charge on any atom is -0.392 e. The first-order valence-corrected chi connectivity index (χ1v) is 4.50. The molecule has 2 atom stereocenters. The molecule has 2 fully saturated rings. The highest BCUT2D eigenvalue weighted by Crippen LogP contribution is 2.78. The molecule has 0 amide bonds. The van der Waals surface area contributed by atoms with E-state index in [1.165, 1.54) is 12.8 Å². The average Bonchev–Trinajstić information content (AvgIpc) is 2.35. The maximum atomic E-state index is 9.90. The molecule has 1 unspecified atom stereocenters. The summed E-state index contributed by atoms with van der Waals surface area (Å²) in [7, 11) is 0. The third kappa shape index (κ3) is 0.658. The lowest BCUT2D eigenvalue weighted by Crippen LogP contribution is -2.52. The minimum absolute atomic E-state index is 0.0509. The van der Waals surface area contributed by atoms with Gasteiger partial charge in [-0.25, -0.2) is 0 Å². The van der Waals surface area contributed by atoms with Gasteiger partial charge in [-0.15, -0.1) is 0 Å². The van der Waals surface area contributed by atoms with Gasteiger partial charge in [0, 0.05) is 5.41 Å². The third-order valence-corrected chi connectivity index (χ3v) is 4.01. The zero-order valence-electron chi connectivity index (χ0n) is 7.94. The van der Waals surface area contributed by atoms with Gasteiger partial charge in [0.15, 0.2) is 0 Å². The Morgan fingerprint density at radius 1 is 1.09 bits per heavy atom. The Hall–Kier alpha value is -0.0400. The molecule has 0 heterocycles. The van der Waals surface area contributed by atoms with Gasteiger partial charge >= 0.3 is 0 Å². The van der Waals surface area contributed by atoms with Crippen LogP contribution in [0.1, 0.15) is 40.5 Å². The van der Waals surface area contributed by atoms with Crippen molar-refractivity contribution >= 4 is 0 Å². The van der Waals surface area contributed by atoms with Crippen LogP contribution >= 0.6 is 0 Å². The van der Waals surface area contributed by atoms with Crippen molar-refractivity contribution in [2.75, 3.05) is 0 Å². The SMILES string of the molecule is CC1(C)C[C@]2(CC2(C)C)C1O. The van der Waals surface area contributed by atoms with Gasteiger partial charge in [0.1, 0.15) is 0 Å². The van der Waals surface area contributed by atoms with Crippen LogP contribution in [-0.2, 0) is 0 Å². The highest BCUT2D eigenvalue weighted by atomic mass is 16.3. The molecule has 2 rings (SSSR count). The number of aliphatic hydroxyl groups excluding tert-OH is 1. The van der Waals surface area contributed by atoms with Gasteiger partial charge in [0.2, 0.25) is 0 Å². The Morgan fingerprint density at radius 3 is 1.64 bits per heavy atom. The van der Waals surface area contributed by atoms with E-state index in [1.807, 2.05) is 0 Å². The first-order valence-electron chi connectivity index (χ1n) is 4.50. The molecule has 2 aliphatic carbocycles. The van der Waals surface area contributed by atoms with Crippen LogP contribution < -0.4 is 0 Å². The van der Waals surface area contributed by atoms with Crippen LogP contribution in [0.25, 0.3) is 0 Å². The van der Waals surface area contributed by atoms with E-state index in [1.54, 1.807) is 0 Å². The van der Waals surface area contributed by atoms with Crippen molar-refractivity contribution < 1.29 is 5.11 Å². The molecule has 0 aliphatic heterocycles. The smallest absolute Gasteiger partial charge is 0.0653 e. The highest BCUT2D eigenvalue weighted by Gasteiger charge is 2.74. The normalized spacial score (nSPS) is 50.5. The largest absolute Gasteiger partial charge is 0.392 e. The van der Waals surface area contributed by atoms with Crippen molar-refractivity contribution in [2.45, 2.75) is 46.6 Å². The van der Waals surface area contributed by atoms with E-state index in [0.29, 0.717) is 10.8 Å². The molecule has 0 radical (unpaired) electrons. The predicted octanol–water partition coefficient (Wildman–Crippen LogP) is 2.19. The quantitative estimate of drug-likeness (QED) is 0.567. The number of hydrogen-bond donors (Lipinski definition) is 1. The second-order valence-electron chi connectivity index (χ2n) is 5.78. The van der Waals surface area contributed by atoms with Crippen molar-refractivity contribution in [1.29, 1.82) is 0 Å². The third-order valence-electron chi connectivity index (χ3n) is 4.01. The van der Waals surface area contributed by atoms with Crippen molar-refractivity contribution in [3.8, 4) is 0 Å². The molecule has 0 aromatic heterocycles. The summed E-state index contributed by atoms with van der Waals surface area (Å²) < 4.78 is 0. The maximum absolute atomic E-state index is 9.90. The van der Waals surface area contributed by atoms with Crippen molar-refractivity contribution in [2.24, 2.45) is 16.2 Å². The Balaban J connectivity index is 2.16. The summed E-state index contributed by atoms with van der Waals surface area (Å²) in [6, 6.07) is 0. The lowest BCUT2D eigenvalue weighted by molar-refractivity contribution is -0.131. The molecule has 2 saturated carbocycles. The van der Waals surface area contributed by atoms with Crippen molar-refractivity contribution in [3.05, 3.63) is 0 Å². The first-order chi connectivity index (χ1) is 4.82. The molecule has 2 aliphatic rings. The van der Waals surface area contributed by atoms with Gasteiger partial charge in [-0.1, -0.05) is 27.7 Å². The van der Waals surface area contributed by atoms with Crippen LogP contribution in [0.15, 0.2) is 0 Å². The van der Waals surface area contributed by atoms with Gasteiger partial charge in [-0.05, 0) is 23.7 Å². The second-order valence-corrected chi connectivity index (χ2v) is 5.78. The van der Waals surface area contributed by atoms with Gasteiger partial charge in [-0.2, -0.15) is 0 Å². The van der Waals surface area contributed by atoms with Crippen molar-refractivity contribution in [1.82, 2.24) is 0 Å². The zero-order chi connectivity index (χ0) is 8.49. The lowest BCUT2D eigenvalue weighted by Gasteiger charge is -2.51. The summed E-state index contributed by atoms with van der Waals surface area (Å²) in [6.45, 7) is 8.87. The molecule has 1 heteroatoms. The second kappa shape index (κ2) is 1.52. The zero-order valence-corrected chi connectivity index (χ0v) is 7.94. The van der Waals surface area contributed by atoms with Crippen molar-refractivity contribution in [3.63, 3.8) is 0 Å². The minimum atomic E-state index is -0.0509. The van der Waals surface area contributed by atoms with E-state index in [0.717, 1.165) is 0 Å². The molecule has 1 nitrogen and oxygen atoms in total. The van der Waals surface area contributed by atoms with Gasteiger partial charge in [0.25, 0.3) is 0 Å². The van der Waals surface area contributed by atoms with E-state index in [-0.39, 0.29) is 11.5 Å². The molecule has 0 aromatic carbocycles. The highest BCUT2D eigenvalue weighted by molar-refractivity contribution is 5.23. The topological polar surface area (TPSA) is 20.2 Å². The maximum Gasteiger partial charge on any atom is 0.0653 e. The van der Waals surface area contributed by atoms with Crippen LogP contribution in [0.5, 0.6) is 0 Å². The standard InChI is InChI=1S/C10H18O/c1-8(2)5-10(7(8)11)6-9(10,3)4/h7,11H,5-6H2,1-4H3/t7?,10-/m0/s1. The first kappa shape index (κ1) is 7.60. The van der Waals surface area contributed by atoms with Crippen LogP contribution in [0.2, 0.25) is 0 Å². The fraction of sp³-hybridized carbons (Fsp3) is 1.00. The van der Waals surface area contributed by atoms with E-state index in [4.69, 9.17) is 0 Å². The Labute approximate surface area is 68.8 Å². The molecule has 1 spiro atoms. The summed E-state index contributed by atoms with van der Waals surface area (Å²) in [6.07, 6.45) is 2.39. The van der Waals surface area contributed by atoms with E-state index >= 15 is 0 Å². The number of aliphatic hydroxyl groups is 1. The Bertz CT molecular complexity index is 203. The van der Waals surface area contributed by atoms with Crippen LogP contribution in [0.3, 0.4) is 0 Å². The van der Waals surface area contributed by atoms with Gasteiger partial charge in [0.05, 0.1) is 6.10 Å². The fourth-order valence-corrected chi connectivity index (χ4v) is 3.14. The molecule has 0 bridgehead atoms. The van der Waals surface area contributed by atoms with Crippen LogP contribution in [0.4, 0.5) is 0 Å². The average molecular weight is 154 g/mol. The molecule has 11 heavy (non-hydrogen) atoms. The number of rotatable bonds is 0. The summed E-state index contributed by atoms with van der Waals surface area (Å²) in [5.74, 6) is 0. The van der Waals surface area contributed by atoms with E-state index in [2.05, 4.69) is 27.7 Å². The molecule has 0 saturated heterocycles. The Morgan fingerprint density at radius 2 is 1.55 bits per heavy atom. The fourth-order valence-electron chi connectivity index (χ4n) is 3.14. The van der Waals surface area contributed by atoms with Crippen LogP contribution in [0, 0.1) is 16.2 Å². The van der Waals surface area contributed by atoms with Gasteiger partial charge < -0.3 is 5.11 Å². The summed E-state index contributed by atoms with van der Waals surface area (Å²) in [5.41, 5.74) is 0.923. The molecule has 64 valence electrons. The molecular formula is C10H18O. The molecule has 0 aromatic rings. The van der Waals surface area contributed by atoms with Gasteiger partial charge in [-0.3, -0.25) is 0 Å². The summed E-state index contributed by atoms with van der Waals surface area (Å²) in [4.78, 5) is 0. The summed E-state index contributed by atoms with van der Waals surface area (Å²) >= 11 is 0. The van der Waals surface area contributed by atoms with E-state index in [9.17, 15) is 5.11 Å². The molecule has 1 N–H and O–H groups in total. The predicted molar refractivity (Wildman–Crippen MR) is 45.2 cm³/mol. The lowest BCUT2D eigenvalue weighted by atomic mass is 9.56. The monoisotopic (exact) mass is 154 g/mol. The Kier molecular flexibility index (Phi) is 1.05. The van der Waals surface area contributed by atoms with E-state index < -0.39 is 0 Å².